The van der Waals surface area contributed by atoms with Gasteiger partial charge in [-0.15, -0.1) is 0 Å². The molecule has 0 saturated heterocycles. The van der Waals surface area contributed by atoms with Crippen molar-refractivity contribution in [1.82, 2.24) is 10.6 Å². The topological polar surface area (TPSA) is 103 Å². The van der Waals surface area contributed by atoms with Crippen LogP contribution in [-0.4, -0.2) is 49.2 Å². The minimum atomic E-state index is -4.67. The zero-order valence-corrected chi connectivity index (χ0v) is 23.3. The number of halogens is 3. The smallest absolute Gasteiger partial charge is 0.368 e. The van der Waals surface area contributed by atoms with E-state index >= 15 is 0 Å². The Hall–Kier alpha value is -2.25. The van der Waals surface area contributed by atoms with Crippen molar-refractivity contribution in [3.63, 3.8) is 0 Å². The van der Waals surface area contributed by atoms with Crippen molar-refractivity contribution < 1.29 is 32.0 Å². The third kappa shape index (κ3) is 10.1. The lowest BCUT2D eigenvalue weighted by atomic mass is 9.97. The van der Waals surface area contributed by atoms with Gasteiger partial charge in [-0.3, -0.25) is 14.9 Å². The Balaban J connectivity index is 2.25. The summed E-state index contributed by atoms with van der Waals surface area (Å²) in [5, 5.41) is 5.04. The number of nitrogens with two attached hydrogens (primary N) is 1. The van der Waals surface area contributed by atoms with Crippen molar-refractivity contribution in [2.24, 2.45) is 11.7 Å². The van der Waals surface area contributed by atoms with Crippen molar-refractivity contribution in [2.75, 3.05) is 19.1 Å². The Labute approximate surface area is 229 Å². The van der Waals surface area contributed by atoms with Crippen molar-refractivity contribution in [3.8, 4) is 11.1 Å². The number of carbonyl (C=O) groups is 2. The molecule has 210 valence electrons. The van der Waals surface area contributed by atoms with Gasteiger partial charge in [0.2, 0.25) is 11.8 Å². The number of rotatable bonds is 15. The third-order valence-electron chi connectivity index (χ3n) is 5.62. The summed E-state index contributed by atoms with van der Waals surface area (Å²) in [4.78, 5) is 30.1. The highest BCUT2D eigenvalue weighted by Crippen LogP contribution is 2.35. The van der Waals surface area contributed by atoms with Gasteiger partial charge in [-0.1, -0.05) is 50.2 Å². The SMILES string of the molecule is COOSc1ccc(-c2ccc([C@H](N[C@@H](CC(C)C)C(=O)N[C@@H](CCSC)C(N)=O)C(F)(F)F)cc2)cc1. The summed E-state index contributed by atoms with van der Waals surface area (Å²) in [5.41, 5.74) is 6.92. The number of primary amides is 1. The van der Waals surface area contributed by atoms with Gasteiger partial charge in [-0.05, 0) is 59.6 Å². The van der Waals surface area contributed by atoms with Crippen LogP contribution >= 0.6 is 23.8 Å². The Kier molecular flexibility index (Phi) is 12.9. The molecule has 2 aromatic rings. The summed E-state index contributed by atoms with van der Waals surface area (Å²) in [7, 11) is 1.40. The fraction of sp³-hybridized carbons (Fsp3) is 0.462. The largest absolute Gasteiger partial charge is 0.407 e. The quantitative estimate of drug-likeness (QED) is 0.152. The molecule has 0 unspecified atom stereocenters. The number of thioether (sulfide) groups is 1. The summed E-state index contributed by atoms with van der Waals surface area (Å²) in [6.07, 6.45) is -2.39. The van der Waals surface area contributed by atoms with Crippen molar-refractivity contribution in [3.05, 3.63) is 54.1 Å². The van der Waals surface area contributed by atoms with Gasteiger partial charge in [0, 0.05) is 4.90 Å². The van der Waals surface area contributed by atoms with E-state index in [4.69, 9.17) is 10.1 Å². The maximum absolute atomic E-state index is 14.2. The molecule has 2 rings (SSSR count). The minimum absolute atomic E-state index is 0.0303. The second kappa shape index (κ2) is 15.4. The van der Waals surface area contributed by atoms with Crippen LogP contribution < -0.4 is 16.4 Å². The van der Waals surface area contributed by atoms with E-state index in [-0.39, 0.29) is 17.9 Å². The first-order chi connectivity index (χ1) is 18.0. The van der Waals surface area contributed by atoms with E-state index in [1.54, 1.807) is 24.3 Å². The molecule has 12 heteroatoms. The Morgan fingerprint density at radius 1 is 1.00 bits per heavy atom. The summed E-state index contributed by atoms with van der Waals surface area (Å²) in [6, 6.07) is 9.03. The number of carbonyl (C=O) groups excluding carboxylic acids is 2. The number of hydrogen-bond acceptors (Lipinski definition) is 7. The van der Waals surface area contributed by atoms with Crippen LogP contribution in [-0.2, 0) is 18.8 Å². The van der Waals surface area contributed by atoms with Crippen LogP contribution in [0.15, 0.2) is 53.4 Å². The molecule has 7 nitrogen and oxygen atoms in total. The zero-order valence-electron chi connectivity index (χ0n) is 21.7. The van der Waals surface area contributed by atoms with E-state index in [1.165, 1.54) is 31.0 Å². The third-order valence-corrected chi connectivity index (χ3v) is 6.93. The van der Waals surface area contributed by atoms with Crippen LogP contribution in [0.4, 0.5) is 13.2 Å². The molecule has 0 spiro atoms. The highest BCUT2D eigenvalue weighted by molar-refractivity contribution is 7.98. The summed E-state index contributed by atoms with van der Waals surface area (Å²) in [5.74, 6) is -0.930. The molecule has 0 aliphatic heterocycles. The standard InChI is InChI=1S/C26H34F3N3O4S2/c1-16(2)15-22(25(34)32-21(24(30)33)13-14-37-4)31-23(26(27,28)29)19-7-5-17(6-8-19)18-9-11-20(12-10-18)38-36-35-3/h5-12,16,21-23,31H,13-15H2,1-4H3,(H2,30,33)(H,32,34)/t21-,22-,23-/m0/s1. The molecule has 0 fully saturated rings. The highest BCUT2D eigenvalue weighted by atomic mass is 32.2. The number of nitrogens with one attached hydrogen (secondary N) is 2. The molecule has 0 bridgehead atoms. The van der Waals surface area contributed by atoms with Gasteiger partial charge in [0.05, 0.1) is 25.2 Å². The lowest BCUT2D eigenvalue weighted by molar-refractivity contribution is -0.161. The van der Waals surface area contributed by atoms with Crippen molar-refractivity contribution in [2.45, 2.75) is 55.9 Å². The fourth-order valence-corrected chi connectivity index (χ4v) is 4.61. The van der Waals surface area contributed by atoms with Gasteiger partial charge in [-0.2, -0.15) is 29.3 Å². The Bertz CT molecular complexity index is 1020. The first-order valence-electron chi connectivity index (χ1n) is 11.9. The molecule has 0 aliphatic carbocycles. The molecular weight excluding hydrogens is 539 g/mol. The predicted octanol–water partition coefficient (Wildman–Crippen LogP) is 5.27. The van der Waals surface area contributed by atoms with E-state index in [0.717, 1.165) is 28.1 Å². The van der Waals surface area contributed by atoms with Crippen molar-refractivity contribution in [1.29, 1.82) is 0 Å². The van der Waals surface area contributed by atoms with Crippen LogP contribution in [0, 0.1) is 5.92 Å². The van der Waals surface area contributed by atoms with Gasteiger partial charge in [0.25, 0.3) is 0 Å². The van der Waals surface area contributed by atoms with Gasteiger partial charge >= 0.3 is 6.18 Å². The molecule has 38 heavy (non-hydrogen) atoms. The normalized spacial score (nSPS) is 14.2. The van der Waals surface area contributed by atoms with Crippen LogP contribution in [0.2, 0.25) is 0 Å². The fourth-order valence-electron chi connectivity index (χ4n) is 3.74. The highest BCUT2D eigenvalue weighted by Gasteiger charge is 2.43. The van der Waals surface area contributed by atoms with Gasteiger partial charge in [-0.25, -0.2) is 4.89 Å². The summed E-state index contributed by atoms with van der Waals surface area (Å²) >= 11 is 2.51. The van der Waals surface area contributed by atoms with Crippen molar-refractivity contribution >= 4 is 35.6 Å². The monoisotopic (exact) mass is 573 g/mol. The maximum Gasteiger partial charge on any atom is 0.407 e. The first-order valence-corrected chi connectivity index (χ1v) is 14.1. The van der Waals surface area contributed by atoms with E-state index in [9.17, 15) is 22.8 Å². The lowest BCUT2D eigenvalue weighted by Gasteiger charge is -2.29. The van der Waals surface area contributed by atoms with Gasteiger partial charge < -0.3 is 11.1 Å². The number of amides is 2. The number of alkyl halides is 3. The number of benzene rings is 2. The summed E-state index contributed by atoms with van der Waals surface area (Å²) in [6.45, 7) is 3.62. The molecule has 0 heterocycles. The Morgan fingerprint density at radius 2 is 1.58 bits per heavy atom. The van der Waals surface area contributed by atoms with Crippen LogP contribution in [0.25, 0.3) is 11.1 Å². The molecule has 0 radical (unpaired) electrons. The zero-order chi connectivity index (χ0) is 28.3. The second-order valence-corrected chi connectivity index (χ2v) is 10.8. The number of hydrogen-bond donors (Lipinski definition) is 3. The molecule has 0 aliphatic rings. The summed E-state index contributed by atoms with van der Waals surface area (Å²) < 4.78 is 47.4. The molecule has 0 saturated carbocycles. The first kappa shape index (κ1) is 32.0. The second-order valence-electron chi connectivity index (χ2n) is 9.03. The molecule has 3 atom stereocenters. The molecule has 2 aromatic carbocycles. The molecular formula is C26H34F3N3O4S2. The van der Waals surface area contributed by atoms with E-state index in [1.807, 2.05) is 32.2 Å². The molecule has 2 amide bonds. The lowest BCUT2D eigenvalue weighted by Crippen LogP contribution is -2.54. The van der Waals surface area contributed by atoms with E-state index < -0.39 is 36.1 Å². The average molecular weight is 574 g/mol. The maximum atomic E-state index is 14.2. The molecule has 0 aromatic heterocycles. The van der Waals surface area contributed by atoms with E-state index in [2.05, 4.69) is 15.5 Å². The Morgan fingerprint density at radius 3 is 2.05 bits per heavy atom. The minimum Gasteiger partial charge on any atom is -0.368 e. The van der Waals surface area contributed by atoms with Gasteiger partial charge in [0.15, 0.2) is 0 Å². The van der Waals surface area contributed by atoms with Gasteiger partial charge in [0.1, 0.15) is 12.1 Å². The van der Waals surface area contributed by atoms with Crippen LogP contribution in [0.3, 0.4) is 0 Å². The molecule has 4 N–H and O–H groups in total. The van der Waals surface area contributed by atoms with E-state index in [0.29, 0.717) is 12.2 Å². The predicted molar refractivity (Wildman–Crippen MR) is 145 cm³/mol. The van der Waals surface area contributed by atoms with Crippen LogP contribution in [0.1, 0.15) is 38.3 Å². The average Bonchev–Trinajstić information content (AvgIpc) is 2.87. The van der Waals surface area contributed by atoms with Crippen LogP contribution in [0.5, 0.6) is 0 Å².